The van der Waals surface area contributed by atoms with Crippen molar-refractivity contribution in [3.63, 3.8) is 0 Å². The molecule has 0 spiro atoms. The van der Waals surface area contributed by atoms with Gasteiger partial charge in [0.25, 0.3) is 0 Å². The van der Waals surface area contributed by atoms with Gasteiger partial charge in [0.05, 0.1) is 5.69 Å². The minimum Gasteiger partial charge on any atom is -0.455 e. The van der Waals surface area contributed by atoms with Gasteiger partial charge in [-0.15, -0.1) is 0 Å². The lowest BCUT2D eigenvalue weighted by atomic mass is 10.1. The highest BCUT2D eigenvalue weighted by Crippen LogP contribution is 2.32. The van der Waals surface area contributed by atoms with E-state index in [1.807, 2.05) is 6.07 Å². The molecule has 0 amide bonds. The summed E-state index contributed by atoms with van der Waals surface area (Å²) in [6.45, 7) is 6.33. The van der Waals surface area contributed by atoms with E-state index in [0.717, 1.165) is 44.1 Å². The van der Waals surface area contributed by atoms with Crippen LogP contribution >= 0.6 is 0 Å². The van der Waals surface area contributed by atoms with Gasteiger partial charge in [0.1, 0.15) is 5.75 Å². The maximum absolute atomic E-state index is 6.16. The summed E-state index contributed by atoms with van der Waals surface area (Å²) in [6.07, 6.45) is 3.62. The summed E-state index contributed by atoms with van der Waals surface area (Å²) in [4.78, 5) is 2.39. The van der Waals surface area contributed by atoms with Crippen molar-refractivity contribution in [3.8, 4) is 11.5 Å². The van der Waals surface area contributed by atoms with Gasteiger partial charge in [0, 0.05) is 26.2 Å². The Labute approximate surface area is 139 Å². The summed E-state index contributed by atoms with van der Waals surface area (Å²) in [6, 6.07) is 16.9. The minimum atomic E-state index is 0.910. The van der Waals surface area contributed by atoms with Crippen LogP contribution in [0.15, 0.2) is 48.5 Å². The topological polar surface area (TPSA) is 24.5 Å². The Bertz CT molecular complexity index is 603. The van der Waals surface area contributed by atoms with E-state index in [1.54, 1.807) is 0 Å². The number of hydrogen-bond acceptors (Lipinski definition) is 3. The number of nitrogens with one attached hydrogen (secondary N) is 1. The molecule has 23 heavy (non-hydrogen) atoms. The molecule has 0 aliphatic carbocycles. The number of piperazine rings is 1. The second-order valence-corrected chi connectivity index (χ2v) is 6.05. The number of nitrogens with zero attached hydrogens (tertiary/aromatic N) is 1. The van der Waals surface area contributed by atoms with Gasteiger partial charge in [-0.25, -0.2) is 0 Å². The van der Waals surface area contributed by atoms with Crippen LogP contribution < -0.4 is 15.0 Å². The molecule has 0 saturated carbocycles. The van der Waals surface area contributed by atoms with Crippen LogP contribution in [-0.4, -0.2) is 26.2 Å². The summed E-state index contributed by atoms with van der Waals surface area (Å²) >= 11 is 0. The predicted molar refractivity (Wildman–Crippen MR) is 96.7 cm³/mol. The van der Waals surface area contributed by atoms with Crippen LogP contribution in [0.25, 0.3) is 0 Å². The summed E-state index contributed by atoms with van der Waals surface area (Å²) in [5, 5.41) is 3.39. The zero-order valence-corrected chi connectivity index (χ0v) is 13.9. The Hall–Kier alpha value is -2.00. The molecule has 0 atom stereocenters. The zero-order valence-electron chi connectivity index (χ0n) is 13.9. The average Bonchev–Trinajstić information content (AvgIpc) is 2.62. The van der Waals surface area contributed by atoms with Gasteiger partial charge in [-0.05, 0) is 42.7 Å². The molecule has 3 heteroatoms. The summed E-state index contributed by atoms with van der Waals surface area (Å²) < 4.78 is 6.16. The van der Waals surface area contributed by atoms with Crippen molar-refractivity contribution in [3.05, 3.63) is 54.1 Å². The number of unbranched alkanes of at least 4 members (excludes halogenated alkanes) is 1. The van der Waals surface area contributed by atoms with E-state index in [0.29, 0.717) is 0 Å². The lowest BCUT2D eigenvalue weighted by Gasteiger charge is -2.30. The highest BCUT2D eigenvalue weighted by molar-refractivity contribution is 5.59. The number of rotatable bonds is 6. The van der Waals surface area contributed by atoms with Crippen molar-refractivity contribution in [2.75, 3.05) is 31.1 Å². The van der Waals surface area contributed by atoms with Gasteiger partial charge in [-0.3, -0.25) is 0 Å². The van der Waals surface area contributed by atoms with Gasteiger partial charge in [-0.1, -0.05) is 37.6 Å². The third-order valence-electron chi connectivity index (χ3n) is 4.29. The molecule has 0 bridgehead atoms. The van der Waals surface area contributed by atoms with Gasteiger partial charge in [-0.2, -0.15) is 0 Å². The quantitative estimate of drug-likeness (QED) is 0.864. The van der Waals surface area contributed by atoms with Crippen LogP contribution in [0.1, 0.15) is 25.3 Å². The molecule has 0 radical (unpaired) electrons. The van der Waals surface area contributed by atoms with Gasteiger partial charge in [0.15, 0.2) is 5.75 Å². The van der Waals surface area contributed by atoms with Crippen LogP contribution in [0, 0.1) is 0 Å². The first-order chi connectivity index (χ1) is 11.4. The molecule has 1 aliphatic rings. The number of ether oxygens (including phenoxy) is 1. The number of hydrogen-bond donors (Lipinski definition) is 1. The normalized spacial score (nSPS) is 14.7. The fraction of sp³-hybridized carbons (Fsp3) is 0.400. The highest BCUT2D eigenvalue weighted by Gasteiger charge is 2.14. The second-order valence-electron chi connectivity index (χ2n) is 6.05. The Morgan fingerprint density at radius 3 is 2.48 bits per heavy atom. The predicted octanol–water partition coefficient (Wildman–Crippen LogP) is 4.23. The Kier molecular flexibility index (Phi) is 5.54. The molecule has 2 aromatic rings. The lowest BCUT2D eigenvalue weighted by molar-refractivity contribution is 0.477. The van der Waals surface area contributed by atoms with E-state index in [2.05, 4.69) is 59.6 Å². The summed E-state index contributed by atoms with van der Waals surface area (Å²) in [5.74, 6) is 1.85. The zero-order chi connectivity index (χ0) is 15.9. The largest absolute Gasteiger partial charge is 0.455 e. The van der Waals surface area contributed by atoms with Crippen molar-refractivity contribution in [1.82, 2.24) is 5.32 Å². The van der Waals surface area contributed by atoms with Crippen molar-refractivity contribution < 1.29 is 4.74 Å². The van der Waals surface area contributed by atoms with Crippen molar-refractivity contribution in [2.24, 2.45) is 0 Å². The van der Waals surface area contributed by atoms with E-state index in [9.17, 15) is 0 Å². The third kappa shape index (κ3) is 4.26. The molecule has 0 unspecified atom stereocenters. The van der Waals surface area contributed by atoms with Crippen molar-refractivity contribution >= 4 is 5.69 Å². The van der Waals surface area contributed by atoms with E-state index in [1.165, 1.54) is 24.1 Å². The molecular formula is C20H26N2O. The molecule has 1 fully saturated rings. The van der Waals surface area contributed by atoms with Crippen LogP contribution in [0.4, 0.5) is 5.69 Å². The Morgan fingerprint density at radius 2 is 1.74 bits per heavy atom. The first-order valence-electron chi connectivity index (χ1n) is 8.68. The molecule has 1 heterocycles. The molecule has 0 aromatic heterocycles. The molecule has 2 aromatic carbocycles. The number of anilines is 1. The van der Waals surface area contributed by atoms with Crippen LogP contribution in [0.2, 0.25) is 0 Å². The molecular weight excluding hydrogens is 284 g/mol. The molecule has 1 saturated heterocycles. The van der Waals surface area contributed by atoms with E-state index in [4.69, 9.17) is 4.74 Å². The van der Waals surface area contributed by atoms with Crippen LogP contribution in [-0.2, 0) is 6.42 Å². The lowest BCUT2D eigenvalue weighted by Crippen LogP contribution is -2.43. The van der Waals surface area contributed by atoms with Crippen LogP contribution in [0.5, 0.6) is 11.5 Å². The van der Waals surface area contributed by atoms with Crippen molar-refractivity contribution in [2.45, 2.75) is 26.2 Å². The van der Waals surface area contributed by atoms with Gasteiger partial charge >= 0.3 is 0 Å². The van der Waals surface area contributed by atoms with E-state index < -0.39 is 0 Å². The third-order valence-corrected chi connectivity index (χ3v) is 4.29. The molecule has 1 aliphatic heterocycles. The monoisotopic (exact) mass is 310 g/mol. The maximum atomic E-state index is 6.16. The number of para-hydroxylation sites is 2. The Morgan fingerprint density at radius 1 is 1.00 bits per heavy atom. The average molecular weight is 310 g/mol. The van der Waals surface area contributed by atoms with Gasteiger partial charge in [0.2, 0.25) is 0 Å². The maximum Gasteiger partial charge on any atom is 0.150 e. The molecule has 122 valence electrons. The fourth-order valence-corrected chi connectivity index (χ4v) is 2.94. The summed E-state index contributed by atoms with van der Waals surface area (Å²) in [5.41, 5.74) is 2.57. The van der Waals surface area contributed by atoms with E-state index >= 15 is 0 Å². The number of benzene rings is 2. The standard InChI is InChI=1S/C20H26N2O/c1-2-3-6-17-9-11-18(12-10-17)23-20-8-5-4-7-19(20)22-15-13-21-14-16-22/h4-5,7-12,21H,2-3,6,13-16H2,1H3. The second kappa shape index (κ2) is 8.02. The molecule has 1 N–H and O–H groups in total. The Balaban J connectivity index is 1.72. The number of aryl methyl sites for hydroxylation is 1. The van der Waals surface area contributed by atoms with Crippen molar-refractivity contribution in [1.29, 1.82) is 0 Å². The smallest absolute Gasteiger partial charge is 0.150 e. The highest BCUT2D eigenvalue weighted by atomic mass is 16.5. The summed E-state index contributed by atoms with van der Waals surface area (Å²) in [7, 11) is 0. The SMILES string of the molecule is CCCCc1ccc(Oc2ccccc2N2CCNCC2)cc1. The van der Waals surface area contributed by atoms with Crippen LogP contribution in [0.3, 0.4) is 0 Å². The van der Waals surface area contributed by atoms with E-state index in [-0.39, 0.29) is 0 Å². The molecule has 3 rings (SSSR count). The minimum absolute atomic E-state index is 0.910. The first kappa shape index (κ1) is 15.9. The first-order valence-corrected chi connectivity index (χ1v) is 8.68. The van der Waals surface area contributed by atoms with Gasteiger partial charge < -0.3 is 15.0 Å². The fourth-order valence-electron chi connectivity index (χ4n) is 2.94. The molecule has 3 nitrogen and oxygen atoms in total.